The topological polar surface area (TPSA) is 114 Å². The molecule has 3 aromatic rings. The molecule has 8 nitrogen and oxygen atoms in total. The highest BCUT2D eigenvalue weighted by Gasteiger charge is 2.41. The third kappa shape index (κ3) is 3.38. The van der Waals surface area contributed by atoms with Gasteiger partial charge in [0, 0.05) is 23.6 Å². The molecule has 1 aliphatic heterocycles. The van der Waals surface area contributed by atoms with Crippen molar-refractivity contribution in [2.75, 3.05) is 19.5 Å². The number of nitrogens with zero attached hydrogens (tertiary/aromatic N) is 1. The summed E-state index contributed by atoms with van der Waals surface area (Å²) in [6, 6.07) is 10.4. The molecule has 0 bridgehead atoms. The Labute approximate surface area is 190 Å². The van der Waals surface area contributed by atoms with Crippen molar-refractivity contribution in [1.82, 2.24) is 5.16 Å². The van der Waals surface area contributed by atoms with E-state index in [-0.39, 0.29) is 34.7 Å². The van der Waals surface area contributed by atoms with Crippen LogP contribution in [0.2, 0.25) is 0 Å². The molecule has 0 spiro atoms. The molecule has 5 rings (SSSR count). The number of nitrogens with one attached hydrogen (secondary N) is 1. The predicted molar refractivity (Wildman–Crippen MR) is 120 cm³/mol. The van der Waals surface area contributed by atoms with Crippen LogP contribution < -0.4 is 14.8 Å². The second-order valence-corrected chi connectivity index (χ2v) is 8.35. The van der Waals surface area contributed by atoms with E-state index in [1.807, 2.05) is 19.1 Å². The van der Waals surface area contributed by atoms with Crippen molar-refractivity contribution in [3.05, 3.63) is 70.1 Å². The molecule has 170 valence electrons. The third-order valence-corrected chi connectivity index (χ3v) is 6.46. The fourth-order valence-electron chi connectivity index (χ4n) is 4.87. The minimum Gasteiger partial charge on any atom is -0.508 e. The molecule has 8 heteroatoms. The van der Waals surface area contributed by atoms with Gasteiger partial charge in [0.25, 0.3) is 0 Å². The fourth-order valence-corrected chi connectivity index (χ4v) is 4.87. The van der Waals surface area contributed by atoms with Gasteiger partial charge < -0.3 is 29.5 Å². The van der Waals surface area contributed by atoms with Gasteiger partial charge in [-0.1, -0.05) is 17.3 Å². The summed E-state index contributed by atoms with van der Waals surface area (Å²) >= 11 is 0. The van der Waals surface area contributed by atoms with Crippen molar-refractivity contribution in [3.63, 3.8) is 0 Å². The van der Waals surface area contributed by atoms with E-state index < -0.39 is 5.92 Å². The van der Waals surface area contributed by atoms with Crippen LogP contribution in [0.5, 0.6) is 23.0 Å². The van der Waals surface area contributed by atoms with E-state index in [4.69, 9.17) is 14.0 Å². The average molecular weight is 448 g/mol. The van der Waals surface area contributed by atoms with Crippen LogP contribution in [0.25, 0.3) is 0 Å². The van der Waals surface area contributed by atoms with Crippen molar-refractivity contribution >= 4 is 11.7 Å². The highest BCUT2D eigenvalue weighted by Crippen LogP contribution is 2.51. The molecule has 0 amide bonds. The number of ether oxygens (including phenoxy) is 2. The lowest BCUT2D eigenvalue weighted by atomic mass is 9.72. The Morgan fingerprint density at radius 2 is 1.70 bits per heavy atom. The molecule has 0 saturated carbocycles. The summed E-state index contributed by atoms with van der Waals surface area (Å²) in [5.74, 6) is 0.645. The summed E-state index contributed by atoms with van der Waals surface area (Å²) in [6.45, 7) is 1.84. The minimum atomic E-state index is -0.445. The standard InChI is InChI=1S/C25H24N2O6/c1-12-21-22(15-10-19(31-2)24(30)20(11-15)32-3)23-17(26-25(21)33-27-12)8-14(9-18(23)29)13-4-6-16(28)7-5-13/h4-7,10-11,14,22,26,28,30H,8-9H2,1-3H3. The van der Waals surface area contributed by atoms with Gasteiger partial charge in [0.15, 0.2) is 17.3 Å². The van der Waals surface area contributed by atoms with Crippen LogP contribution in [-0.4, -0.2) is 35.4 Å². The number of allylic oxidation sites excluding steroid dienone is 2. The first kappa shape index (κ1) is 20.9. The molecular weight excluding hydrogens is 424 g/mol. The molecule has 2 unspecified atom stereocenters. The van der Waals surface area contributed by atoms with Gasteiger partial charge in [-0.2, -0.15) is 0 Å². The number of fused-ring (bicyclic) bond motifs is 1. The maximum atomic E-state index is 13.6. The number of aromatic nitrogens is 1. The smallest absolute Gasteiger partial charge is 0.233 e. The van der Waals surface area contributed by atoms with Crippen LogP contribution in [0.4, 0.5) is 5.88 Å². The number of carbonyl (C=O) groups is 1. The van der Waals surface area contributed by atoms with E-state index in [2.05, 4.69) is 10.5 Å². The molecule has 1 aliphatic carbocycles. The van der Waals surface area contributed by atoms with Gasteiger partial charge in [-0.05, 0) is 54.7 Å². The molecular formula is C25H24N2O6. The van der Waals surface area contributed by atoms with Crippen molar-refractivity contribution < 1.29 is 29.0 Å². The molecule has 2 heterocycles. The molecule has 3 N–H and O–H groups in total. The zero-order valence-corrected chi connectivity index (χ0v) is 18.5. The summed E-state index contributed by atoms with van der Waals surface area (Å²) in [4.78, 5) is 13.6. The van der Waals surface area contributed by atoms with E-state index in [0.717, 1.165) is 22.4 Å². The molecule has 1 aromatic heterocycles. The molecule has 0 radical (unpaired) electrons. The van der Waals surface area contributed by atoms with Crippen molar-refractivity contribution in [1.29, 1.82) is 0 Å². The summed E-state index contributed by atoms with van der Waals surface area (Å²) in [5.41, 5.74) is 4.61. The second kappa shape index (κ2) is 7.88. The molecule has 2 aromatic carbocycles. The normalized spacial score (nSPS) is 19.5. The number of Topliss-reactive ketones (excluding diaryl/α,β-unsaturated/α-hetero) is 1. The van der Waals surface area contributed by atoms with Crippen LogP contribution in [0.15, 0.2) is 52.2 Å². The Hall–Kier alpha value is -3.94. The number of aryl methyl sites for hydroxylation is 1. The minimum absolute atomic E-state index is 0.0177. The lowest BCUT2D eigenvalue weighted by Crippen LogP contribution is -2.29. The van der Waals surface area contributed by atoms with Gasteiger partial charge >= 0.3 is 0 Å². The van der Waals surface area contributed by atoms with Crippen LogP contribution in [0.3, 0.4) is 0 Å². The first-order valence-corrected chi connectivity index (χ1v) is 10.6. The third-order valence-electron chi connectivity index (χ3n) is 6.46. The zero-order chi connectivity index (χ0) is 23.3. The highest BCUT2D eigenvalue weighted by molar-refractivity contribution is 6.01. The molecule has 2 atom stereocenters. The van der Waals surface area contributed by atoms with Gasteiger partial charge in [0.05, 0.1) is 25.5 Å². The maximum Gasteiger partial charge on any atom is 0.233 e. The summed E-state index contributed by atoms with van der Waals surface area (Å²) < 4.78 is 16.3. The zero-order valence-electron chi connectivity index (χ0n) is 18.5. The van der Waals surface area contributed by atoms with Gasteiger partial charge in [-0.25, -0.2) is 0 Å². The van der Waals surface area contributed by atoms with Crippen molar-refractivity contribution in [3.8, 4) is 23.0 Å². The number of benzene rings is 2. The number of hydrogen-bond donors (Lipinski definition) is 3. The number of ketones is 1. The quantitative estimate of drug-likeness (QED) is 0.539. The second-order valence-electron chi connectivity index (χ2n) is 8.35. The Morgan fingerprint density at radius 3 is 2.33 bits per heavy atom. The first-order chi connectivity index (χ1) is 15.9. The molecule has 2 aliphatic rings. The number of hydrogen-bond acceptors (Lipinski definition) is 8. The van der Waals surface area contributed by atoms with Crippen LogP contribution >= 0.6 is 0 Å². The largest absolute Gasteiger partial charge is 0.508 e. The van der Waals surface area contributed by atoms with Gasteiger partial charge in [0.1, 0.15) is 5.75 Å². The number of methoxy groups -OCH3 is 2. The SMILES string of the molecule is COc1cc(C2C3=C(CC(c4ccc(O)cc4)CC3=O)Nc3onc(C)c32)cc(OC)c1O. The van der Waals surface area contributed by atoms with Crippen molar-refractivity contribution in [2.24, 2.45) is 0 Å². The van der Waals surface area contributed by atoms with Crippen LogP contribution in [-0.2, 0) is 4.79 Å². The summed E-state index contributed by atoms with van der Waals surface area (Å²) in [7, 11) is 2.94. The Balaban J connectivity index is 1.65. The summed E-state index contributed by atoms with van der Waals surface area (Å²) in [5, 5.41) is 27.5. The Morgan fingerprint density at radius 1 is 1.03 bits per heavy atom. The maximum absolute atomic E-state index is 13.6. The molecule has 0 fully saturated rings. The number of carbonyl (C=O) groups excluding carboxylic acids is 1. The average Bonchev–Trinajstić information content (AvgIpc) is 3.18. The number of rotatable bonds is 4. The number of aromatic hydroxyl groups is 2. The van der Waals surface area contributed by atoms with E-state index in [1.165, 1.54) is 14.2 Å². The van der Waals surface area contributed by atoms with Gasteiger partial charge in [-0.15, -0.1) is 0 Å². The van der Waals surface area contributed by atoms with E-state index in [9.17, 15) is 15.0 Å². The molecule has 33 heavy (non-hydrogen) atoms. The number of phenolic OH excluding ortho intramolecular Hbond substituents is 2. The van der Waals surface area contributed by atoms with E-state index in [1.54, 1.807) is 24.3 Å². The monoisotopic (exact) mass is 448 g/mol. The van der Waals surface area contributed by atoms with E-state index in [0.29, 0.717) is 30.0 Å². The van der Waals surface area contributed by atoms with Crippen molar-refractivity contribution in [2.45, 2.75) is 31.6 Å². The lowest BCUT2D eigenvalue weighted by molar-refractivity contribution is -0.116. The summed E-state index contributed by atoms with van der Waals surface area (Å²) in [6.07, 6.45) is 0.946. The highest BCUT2D eigenvalue weighted by atomic mass is 16.5. The Kier molecular flexibility index (Phi) is 5.00. The predicted octanol–water partition coefficient (Wildman–Crippen LogP) is 4.37. The molecule has 0 saturated heterocycles. The van der Waals surface area contributed by atoms with Crippen LogP contribution in [0, 0.1) is 6.92 Å². The van der Waals surface area contributed by atoms with Crippen LogP contribution in [0.1, 0.15) is 47.1 Å². The first-order valence-electron chi connectivity index (χ1n) is 10.6. The van der Waals surface area contributed by atoms with E-state index >= 15 is 0 Å². The van der Waals surface area contributed by atoms with Gasteiger partial charge in [0.2, 0.25) is 11.6 Å². The van der Waals surface area contributed by atoms with Gasteiger partial charge in [-0.3, -0.25) is 4.79 Å². The number of phenols is 2. The lowest BCUT2D eigenvalue weighted by Gasteiger charge is -2.34. The Bertz CT molecular complexity index is 1250. The fraction of sp³-hybridized carbons (Fsp3) is 0.280. The number of anilines is 1.